The van der Waals surface area contributed by atoms with Crippen molar-refractivity contribution in [2.45, 2.75) is 26.7 Å². The maximum atomic E-state index is 9.12. The van der Waals surface area contributed by atoms with Crippen LogP contribution in [0.3, 0.4) is 0 Å². The van der Waals surface area contributed by atoms with Gasteiger partial charge in [-0.2, -0.15) is 5.26 Å². The molecule has 0 N–H and O–H groups in total. The maximum absolute atomic E-state index is 9.12. The summed E-state index contributed by atoms with van der Waals surface area (Å²) in [5, 5.41) is 9.12. The van der Waals surface area contributed by atoms with Crippen molar-refractivity contribution in [3.63, 3.8) is 0 Å². The lowest BCUT2D eigenvalue weighted by atomic mass is 9.98. The zero-order valence-electron chi connectivity index (χ0n) is 10.0. The molecule has 1 aliphatic heterocycles. The fourth-order valence-electron chi connectivity index (χ4n) is 2.25. The molecule has 0 aliphatic carbocycles. The number of nitriles is 1. The van der Waals surface area contributed by atoms with Crippen molar-refractivity contribution in [1.82, 2.24) is 0 Å². The van der Waals surface area contributed by atoms with E-state index in [2.05, 4.69) is 30.9 Å². The Morgan fingerprint density at radius 1 is 1.31 bits per heavy atom. The fourth-order valence-corrected chi connectivity index (χ4v) is 2.25. The second kappa shape index (κ2) is 4.57. The van der Waals surface area contributed by atoms with E-state index in [0.29, 0.717) is 0 Å². The van der Waals surface area contributed by atoms with Crippen molar-refractivity contribution in [2.24, 2.45) is 5.92 Å². The molecule has 0 bridgehead atoms. The normalized spacial score (nSPS) is 17.2. The van der Waals surface area contributed by atoms with Crippen molar-refractivity contribution in [3.8, 4) is 6.07 Å². The van der Waals surface area contributed by atoms with E-state index < -0.39 is 0 Å². The molecule has 0 spiro atoms. The Hall–Kier alpha value is -1.49. The fraction of sp³-hybridized carbons (Fsp3) is 0.500. The van der Waals surface area contributed by atoms with Gasteiger partial charge in [0.05, 0.1) is 11.3 Å². The third-order valence-electron chi connectivity index (χ3n) is 3.40. The van der Waals surface area contributed by atoms with Gasteiger partial charge in [0.1, 0.15) is 6.07 Å². The van der Waals surface area contributed by atoms with E-state index in [0.717, 1.165) is 30.3 Å². The van der Waals surface area contributed by atoms with Crippen LogP contribution in [-0.2, 0) is 0 Å². The smallest absolute Gasteiger partial charge is 0.101 e. The number of piperidine rings is 1. The second-order valence-corrected chi connectivity index (χ2v) is 4.80. The van der Waals surface area contributed by atoms with Crippen LogP contribution in [-0.4, -0.2) is 13.1 Å². The second-order valence-electron chi connectivity index (χ2n) is 4.80. The number of nitrogens with zero attached hydrogens (tertiary/aromatic N) is 2. The van der Waals surface area contributed by atoms with Crippen LogP contribution in [0.15, 0.2) is 18.2 Å². The van der Waals surface area contributed by atoms with Gasteiger partial charge in [-0.05, 0) is 43.4 Å². The molecule has 2 rings (SSSR count). The van der Waals surface area contributed by atoms with Gasteiger partial charge in [0.2, 0.25) is 0 Å². The minimum absolute atomic E-state index is 0.806. The average Bonchev–Trinajstić information content (AvgIpc) is 2.30. The Labute approximate surface area is 97.5 Å². The number of hydrogen-bond donors (Lipinski definition) is 0. The van der Waals surface area contributed by atoms with E-state index >= 15 is 0 Å². The van der Waals surface area contributed by atoms with Gasteiger partial charge >= 0.3 is 0 Å². The number of anilines is 1. The Morgan fingerprint density at radius 3 is 2.62 bits per heavy atom. The molecule has 1 aromatic rings. The van der Waals surface area contributed by atoms with Crippen LogP contribution in [0.2, 0.25) is 0 Å². The Morgan fingerprint density at radius 2 is 2.00 bits per heavy atom. The minimum atomic E-state index is 0.806. The summed E-state index contributed by atoms with van der Waals surface area (Å²) in [6.45, 7) is 6.55. The molecule has 84 valence electrons. The molecule has 1 heterocycles. The molecular formula is C14H18N2. The van der Waals surface area contributed by atoms with E-state index in [-0.39, 0.29) is 0 Å². The van der Waals surface area contributed by atoms with Gasteiger partial charge in [0.15, 0.2) is 0 Å². The number of hydrogen-bond acceptors (Lipinski definition) is 2. The van der Waals surface area contributed by atoms with Crippen molar-refractivity contribution in [3.05, 3.63) is 29.3 Å². The predicted octanol–water partition coefficient (Wildman–Crippen LogP) is 3.10. The molecule has 1 fully saturated rings. The van der Waals surface area contributed by atoms with Crippen LogP contribution < -0.4 is 4.90 Å². The number of benzene rings is 1. The zero-order valence-corrected chi connectivity index (χ0v) is 10.0. The molecule has 0 radical (unpaired) electrons. The first-order chi connectivity index (χ1) is 7.70. The summed E-state index contributed by atoms with van der Waals surface area (Å²) in [6.07, 6.45) is 2.47. The highest BCUT2D eigenvalue weighted by molar-refractivity contribution is 5.60. The van der Waals surface area contributed by atoms with Gasteiger partial charge in [-0.25, -0.2) is 0 Å². The molecule has 1 saturated heterocycles. The molecule has 1 aliphatic rings. The molecule has 2 nitrogen and oxygen atoms in total. The summed E-state index contributed by atoms with van der Waals surface area (Å²) in [5.74, 6) is 0.826. The average molecular weight is 214 g/mol. The summed E-state index contributed by atoms with van der Waals surface area (Å²) in [6, 6.07) is 8.36. The zero-order chi connectivity index (χ0) is 11.5. The minimum Gasteiger partial charge on any atom is -0.370 e. The van der Waals surface area contributed by atoms with E-state index in [4.69, 9.17) is 5.26 Å². The first kappa shape index (κ1) is 11.0. The van der Waals surface area contributed by atoms with E-state index in [1.54, 1.807) is 0 Å². The highest BCUT2D eigenvalue weighted by Gasteiger charge is 2.18. The summed E-state index contributed by atoms with van der Waals surface area (Å²) in [5.41, 5.74) is 3.15. The van der Waals surface area contributed by atoms with Gasteiger partial charge in [-0.15, -0.1) is 0 Å². The lowest BCUT2D eigenvalue weighted by Gasteiger charge is -2.32. The molecule has 16 heavy (non-hydrogen) atoms. The summed E-state index contributed by atoms with van der Waals surface area (Å²) >= 11 is 0. The first-order valence-corrected chi connectivity index (χ1v) is 5.96. The van der Waals surface area contributed by atoms with Crippen molar-refractivity contribution < 1.29 is 0 Å². The highest BCUT2D eigenvalue weighted by Crippen LogP contribution is 2.26. The van der Waals surface area contributed by atoms with Gasteiger partial charge in [-0.1, -0.05) is 13.0 Å². The standard InChI is InChI=1S/C14H18N2/c1-11-5-7-16(8-6-11)14-9-12(2)3-4-13(14)10-15/h3-4,9,11H,5-8H2,1-2H3. The third-order valence-corrected chi connectivity index (χ3v) is 3.40. The number of aryl methyl sites for hydroxylation is 1. The van der Waals surface area contributed by atoms with Crippen LogP contribution in [0, 0.1) is 24.2 Å². The quantitative estimate of drug-likeness (QED) is 0.718. The molecule has 0 unspecified atom stereocenters. The monoisotopic (exact) mass is 214 g/mol. The lowest BCUT2D eigenvalue weighted by Crippen LogP contribution is -2.33. The van der Waals surface area contributed by atoms with E-state index in [9.17, 15) is 0 Å². The molecule has 2 heteroatoms. The lowest BCUT2D eigenvalue weighted by molar-refractivity contribution is 0.438. The maximum Gasteiger partial charge on any atom is 0.101 e. The molecular weight excluding hydrogens is 196 g/mol. The van der Waals surface area contributed by atoms with Crippen molar-refractivity contribution in [1.29, 1.82) is 5.26 Å². The van der Waals surface area contributed by atoms with Gasteiger partial charge in [0.25, 0.3) is 0 Å². The van der Waals surface area contributed by atoms with Crippen LogP contribution in [0.1, 0.15) is 30.9 Å². The summed E-state index contributed by atoms with van der Waals surface area (Å²) in [4.78, 5) is 2.35. The molecule has 0 atom stereocenters. The Bertz CT molecular complexity index is 409. The Balaban J connectivity index is 2.26. The highest BCUT2D eigenvalue weighted by atomic mass is 15.1. The van der Waals surface area contributed by atoms with Crippen LogP contribution in [0.25, 0.3) is 0 Å². The predicted molar refractivity (Wildman–Crippen MR) is 66.5 cm³/mol. The van der Waals surface area contributed by atoms with Crippen LogP contribution in [0.5, 0.6) is 0 Å². The van der Waals surface area contributed by atoms with Gasteiger partial charge in [0, 0.05) is 13.1 Å². The summed E-state index contributed by atoms with van der Waals surface area (Å²) < 4.78 is 0. The number of rotatable bonds is 1. The van der Waals surface area contributed by atoms with E-state index in [1.807, 2.05) is 12.1 Å². The largest absolute Gasteiger partial charge is 0.370 e. The SMILES string of the molecule is Cc1ccc(C#N)c(N2CCC(C)CC2)c1. The Kier molecular flexibility index (Phi) is 3.14. The van der Waals surface area contributed by atoms with Crippen LogP contribution >= 0.6 is 0 Å². The summed E-state index contributed by atoms with van der Waals surface area (Å²) in [7, 11) is 0. The third kappa shape index (κ3) is 2.19. The molecule has 0 amide bonds. The van der Waals surface area contributed by atoms with Crippen molar-refractivity contribution in [2.75, 3.05) is 18.0 Å². The van der Waals surface area contributed by atoms with E-state index in [1.165, 1.54) is 18.4 Å². The van der Waals surface area contributed by atoms with Gasteiger partial charge in [-0.3, -0.25) is 0 Å². The van der Waals surface area contributed by atoms with Crippen molar-refractivity contribution >= 4 is 5.69 Å². The van der Waals surface area contributed by atoms with Gasteiger partial charge < -0.3 is 4.90 Å². The van der Waals surface area contributed by atoms with Crippen LogP contribution in [0.4, 0.5) is 5.69 Å². The molecule has 0 aromatic heterocycles. The molecule has 0 saturated carbocycles. The molecule has 1 aromatic carbocycles. The first-order valence-electron chi connectivity index (χ1n) is 5.96. The topological polar surface area (TPSA) is 27.0 Å².